The second-order valence-electron chi connectivity index (χ2n) is 5.56. The van der Waals surface area contributed by atoms with E-state index in [1.54, 1.807) is 7.05 Å². The van der Waals surface area contributed by atoms with E-state index in [1.807, 2.05) is 24.3 Å². The molecule has 0 aliphatic carbocycles. The molecule has 0 aromatic heterocycles. The minimum Gasteiger partial charge on any atom is -0.492 e. The molecule has 1 aromatic carbocycles. The fourth-order valence-corrected chi connectivity index (χ4v) is 2.60. The third-order valence-corrected chi connectivity index (χ3v) is 4.16. The van der Waals surface area contributed by atoms with E-state index >= 15 is 0 Å². The Labute approximate surface area is 163 Å². The first-order valence-corrected chi connectivity index (χ1v) is 8.37. The fraction of sp³-hybridized carbons (Fsp3) is 0.562. The number of benzene rings is 1. The molecule has 23 heavy (non-hydrogen) atoms. The third-order valence-electron chi connectivity index (χ3n) is 3.63. The van der Waals surface area contributed by atoms with Crippen LogP contribution in [-0.4, -0.2) is 44.9 Å². The topological polar surface area (TPSA) is 54.9 Å². The van der Waals surface area contributed by atoms with Crippen LogP contribution in [0.4, 0.5) is 0 Å². The molecule has 1 unspecified atom stereocenters. The van der Waals surface area contributed by atoms with Gasteiger partial charge in [-0.1, -0.05) is 15.9 Å². The highest BCUT2D eigenvalue weighted by Gasteiger charge is 2.29. The fourth-order valence-electron chi connectivity index (χ4n) is 2.34. The zero-order chi connectivity index (χ0) is 15.8. The standard InChI is InChI=1S/C16H24BrN3O2.HI/c1-16(8-3-10-22-16)12-20-15(18-2)19-9-11-21-14-6-4-13(17)5-7-14;/h4-7H,3,8-12H2,1-2H3,(H2,18,19,20);1H. The van der Waals surface area contributed by atoms with Gasteiger partial charge in [-0.15, -0.1) is 24.0 Å². The van der Waals surface area contributed by atoms with Crippen molar-refractivity contribution in [3.8, 4) is 5.75 Å². The van der Waals surface area contributed by atoms with Crippen molar-refractivity contribution in [2.75, 3.05) is 33.4 Å². The number of ether oxygens (including phenoxy) is 2. The van der Waals surface area contributed by atoms with E-state index in [9.17, 15) is 0 Å². The Hall–Kier alpha value is -0.540. The van der Waals surface area contributed by atoms with Crippen molar-refractivity contribution in [1.29, 1.82) is 0 Å². The van der Waals surface area contributed by atoms with Gasteiger partial charge in [-0.2, -0.15) is 0 Å². The highest BCUT2D eigenvalue weighted by atomic mass is 127. The summed E-state index contributed by atoms with van der Waals surface area (Å²) in [6.45, 7) is 5.02. The van der Waals surface area contributed by atoms with E-state index in [0.29, 0.717) is 13.2 Å². The van der Waals surface area contributed by atoms with Gasteiger partial charge < -0.3 is 20.1 Å². The number of hydrogen-bond acceptors (Lipinski definition) is 3. The maximum atomic E-state index is 5.75. The summed E-state index contributed by atoms with van der Waals surface area (Å²) in [5.41, 5.74) is -0.0778. The monoisotopic (exact) mass is 497 g/mol. The average Bonchev–Trinajstić information content (AvgIpc) is 2.95. The Balaban J connectivity index is 0.00000264. The minimum atomic E-state index is -0.0778. The highest BCUT2D eigenvalue weighted by Crippen LogP contribution is 2.23. The van der Waals surface area contributed by atoms with Crippen LogP contribution in [0.15, 0.2) is 33.7 Å². The van der Waals surface area contributed by atoms with Crippen LogP contribution in [0.2, 0.25) is 0 Å². The van der Waals surface area contributed by atoms with Crippen LogP contribution in [-0.2, 0) is 4.74 Å². The molecule has 7 heteroatoms. The molecular formula is C16H25BrIN3O2. The lowest BCUT2D eigenvalue weighted by Gasteiger charge is -2.24. The summed E-state index contributed by atoms with van der Waals surface area (Å²) in [5.74, 6) is 1.64. The van der Waals surface area contributed by atoms with Crippen LogP contribution >= 0.6 is 39.9 Å². The van der Waals surface area contributed by atoms with Gasteiger partial charge in [0.1, 0.15) is 12.4 Å². The summed E-state index contributed by atoms with van der Waals surface area (Å²) in [6.07, 6.45) is 2.22. The molecule has 0 bridgehead atoms. The molecule has 0 spiro atoms. The third kappa shape index (κ3) is 7.26. The first-order valence-electron chi connectivity index (χ1n) is 7.58. The zero-order valence-electron chi connectivity index (χ0n) is 13.6. The van der Waals surface area contributed by atoms with Crippen LogP contribution < -0.4 is 15.4 Å². The Morgan fingerprint density at radius 2 is 2.09 bits per heavy atom. The summed E-state index contributed by atoms with van der Waals surface area (Å²) >= 11 is 3.40. The Kier molecular flexibility index (Phi) is 9.23. The molecule has 130 valence electrons. The number of nitrogens with zero attached hydrogens (tertiary/aromatic N) is 1. The van der Waals surface area contributed by atoms with Gasteiger partial charge in [0, 0.05) is 24.7 Å². The maximum Gasteiger partial charge on any atom is 0.191 e. The lowest BCUT2D eigenvalue weighted by atomic mass is 10.0. The molecular weight excluding hydrogens is 473 g/mol. The molecule has 1 aliphatic heterocycles. The Morgan fingerprint density at radius 3 is 2.70 bits per heavy atom. The van der Waals surface area contributed by atoms with E-state index in [4.69, 9.17) is 9.47 Å². The molecule has 0 saturated carbocycles. The molecule has 5 nitrogen and oxygen atoms in total. The van der Waals surface area contributed by atoms with Gasteiger partial charge in [0.2, 0.25) is 0 Å². The lowest BCUT2D eigenvalue weighted by Crippen LogP contribution is -2.46. The predicted octanol–water partition coefficient (Wildman–Crippen LogP) is 3.18. The maximum absolute atomic E-state index is 5.75. The van der Waals surface area contributed by atoms with Gasteiger partial charge >= 0.3 is 0 Å². The van der Waals surface area contributed by atoms with Gasteiger partial charge in [-0.25, -0.2) is 0 Å². The van der Waals surface area contributed by atoms with Crippen LogP contribution in [0.25, 0.3) is 0 Å². The number of halogens is 2. The Morgan fingerprint density at radius 1 is 1.35 bits per heavy atom. The SMILES string of the molecule is CN=C(NCCOc1ccc(Br)cc1)NCC1(C)CCCO1.I. The number of rotatable bonds is 6. The zero-order valence-corrected chi connectivity index (χ0v) is 17.5. The number of guanidine groups is 1. The van der Waals surface area contributed by atoms with Crippen molar-refractivity contribution < 1.29 is 9.47 Å². The molecule has 1 atom stereocenters. The summed E-state index contributed by atoms with van der Waals surface area (Å²) in [6, 6.07) is 7.81. The molecule has 1 heterocycles. The molecule has 1 saturated heterocycles. The van der Waals surface area contributed by atoms with Crippen LogP contribution in [0.5, 0.6) is 5.75 Å². The van der Waals surface area contributed by atoms with Gasteiger partial charge in [-0.05, 0) is 44.0 Å². The second kappa shape index (κ2) is 10.4. The van der Waals surface area contributed by atoms with E-state index < -0.39 is 0 Å². The highest BCUT2D eigenvalue weighted by molar-refractivity contribution is 14.0. The van der Waals surface area contributed by atoms with Crippen molar-refractivity contribution in [3.63, 3.8) is 0 Å². The van der Waals surface area contributed by atoms with Crippen LogP contribution in [0.1, 0.15) is 19.8 Å². The normalized spacial score (nSPS) is 20.7. The van der Waals surface area contributed by atoms with Gasteiger partial charge in [0.05, 0.1) is 12.1 Å². The van der Waals surface area contributed by atoms with Crippen LogP contribution in [0, 0.1) is 0 Å². The van der Waals surface area contributed by atoms with Crippen molar-refractivity contribution in [2.24, 2.45) is 4.99 Å². The molecule has 1 aromatic rings. The van der Waals surface area contributed by atoms with E-state index in [-0.39, 0.29) is 29.6 Å². The van der Waals surface area contributed by atoms with E-state index in [1.165, 1.54) is 0 Å². The molecule has 0 amide bonds. The first-order chi connectivity index (χ1) is 10.6. The van der Waals surface area contributed by atoms with E-state index in [0.717, 1.165) is 42.2 Å². The van der Waals surface area contributed by atoms with Crippen molar-refractivity contribution in [2.45, 2.75) is 25.4 Å². The predicted molar refractivity (Wildman–Crippen MR) is 108 cm³/mol. The largest absolute Gasteiger partial charge is 0.492 e. The molecule has 0 radical (unpaired) electrons. The van der Waals surface area contributed by atoms with Crippen molar-refractivity contribution in [3.05, 3.63) is 28.7 Å². The summed E-state index contributed by atoms with van der Waals surface area (Å²) in [7, 11) is 1.77. The smallest absolute Gasteiger partial charge is 0.191 e. The van der Waals surface area contributed by atoms with Gasteiger partial charge in [-0.3, -0.25) is 4.99 Å². The molecule has 1 aliphatic rings. The summed E-state index contributed by atoms with van der Waals surface area (Å²) < 4.78 is 12.5. The summed E-state index contributed by atoms with van der Waals surface area (Å²) in [4.78, 5) is 4.21. The average molecular weight is 498 g/mol. The number of aliphatic imine (C=N–C) groups is 1. The van der Waals surface area contributed by atoms with E-state index in [2.05, 4.69) is 38.5 Å². The van der Waals surface area contributed by atoms with Crippen molar-refractivity contribution in [1.82, 2.24) is 10.6 Å². The summed E-state index contributed by atoms with van der Waals surface area (Å²) in [5, 5.41) is 6.55. The number of nitrogens with one attached hydrogen (secondary N) is 2. The van der Waals surface area contributed by atoms with Gasteiger partial charge in [0.25, 0.3) is 0 Å². The molecule has 1 fully saturated rings. The number of hydrogen-bond donors (Lipinski definition) is 2. The van der Waals surface area contributed by atoms with Crippen molar-refractivity contribution >= 4 is 45.9 Å². The Bertz CT molecular complexity index is 491. The second-order valence-corrected chi connectivity index (χ2v) is 6.47. The lowest BCUT2D eigenvalue weighted by molar-refractivity contribution is 0.0243. The minimum absolute atomic E-state index is 0. The quantitative estimate of drug-likeness (QED) is 0.274. The van der Waals surface area contributed by atoms with Crippen LogP contribution in [0.3, 0.4) is 0 Å². The molecule has 2 rings (SSSR count). The first kappa shape index (κ1) is 20.5. The van der Waals surface area contributed by atoms with Gasteiger partial charge in [0.15, 0.2) is 5.96 Å². The molecule has 2 N–H and O–H groups in total.